The van der Waals surface area contributed by atoms with Crippen molar-refractivity contribution in [1.82, 2.24) is 0 Å². The summed E-state index contributed by atoms with van der Waals surface area (Å²) in [7, 11) is 0. The van der Waals surface area contributed by atoms with Crippen molar-refractivity contribution in [2.75, 3.05) is 0 Å². The first kappa shape index (κ1) is 9.66. The summed E-state index contributed by atoms with van der Waals surface area (Å²) in [5.74, 6) is 0. The minimum absolute atomic E-state index is 1.11. The molecule has 0 fully saturated rings. The molecule has 0 unspecified atom stereocenters. The van der Waals surface area contributed by atoms with Crippen LogP contribution < -0.4 is 4.99 Å². The van der Waals surface area contributed by atoms with Crippen LogP contribution >= 0.6 is 0 Å². The van der Waals surface area contributed by atoms with Crippen molar-refractivity contribution >= 4 is 11.9 Å². The average Bonchev–Trinajstić information content (AvgIpc) is 2.30. The molecule has 0 saturated heterocycles. The summed E-state index contributed by atoms with van der Waals surface area (Å²) in [5.41, 5.74) is 3.58. The molecule has 1 nitrogen and oxygen atoms in total. The molecule has 74 valence electrons. The van der Waals surface area contributed by atoms with Crippen LogP contribution in [-0.4, -0.2) is 6.21 Å². The van der Waals surface area contributed by atoms with E-state index in [1.165, 1.54) is 11.1 Å². The maximum Gasteiger partial charge on any atom is 0.203 e. The molecule has 0 aliphatic rings. The Bertz CT molecular complexity index is 441. The number of hydrogen-bond acceptors (Lipinski definition) is 0. The van der Waals surface area contributed by atoms with Crippen LogP contribution in [0.5, 0.6) is 0 Å². The van der Waals surface area contributed by atoms with Crippen molar-refractivity contribution < 1.29 is 4.99 Å². The van der Waals surface area contributed by atoms with Gasteiger partial charge in [0.05, 0.1) is 0 Å². The van der Waals surface area contributed by atoms with Gasteiger partial charge in [-0.25, -0.2) is 4.99 Å². The third-order valence-electron chi connectivity index (χ3n) is 2.26. The van der Waals surface area contributed by atoms with Crippen LogP contribution in [0.2, 0.25) is 0 Å². The molecule has 0 atom stereocenters. The predicted octanol–water partition coefficient (Wildman–Crippen LogP) is 1.83. The highest BCUT2D eigenvalue weighted by atomic mass is 14.7. The highest BCUT2D eigenvalue weighted by molar-refractivity contribution is 5.75. The Morgan fingerprint density at radius 1 is 0.867 bits per heavy atom. The lowest BCUT2D eigenvalue weighted by molar-refractivity contribution is -0.346. The minimum atomic E-state index is 1.11. The Morgan fingerprint density at radius 3 is 2.20 bits per heavy atom. The van der Waals surface area contributed by atoms with Crippen molar-refractivity contribution in [2.45, 2.75) is 6.92 Å². The van der Waals surface area contributed by atoms with Crippen LogP contribution in [0.4, 0.5) is 5.69 Å². The smallest absolute Gasteiger partial charge is 0.203 e. The van der Waals surface area contributed by atoms with Crippen molar-refractivity contribution in [3.63, 3.8) is 0 Å². The van der Waals surface area contributed by atoms with Gasteiger partial charge in [0.25, 0.3) is 0 Å². The summed E-state index contributed by atoms with van der Waals surface area (Å²) in [4.78, 5) is 3.26. The molecule has 1 N–H and O–H groups in total. The van der Waals surface area contributed by atoms with E-state index in [0.717, 1.165) is 5.69 Å². The summed E-state index contributed by atoms with van der Waals surface area (Å²) in [6.45, 7) is 2.09. The lowest BCUT2D eigenvalue weighted by Crippen LogP contribution is -2.61. The van der Waals surface area contributed by atoms with Crippen molar-refractivity contribution in [3.8, 4) is 0 Å². The molecular weight excluding hydrogens is 182 g/mol. The van der Waals surface area contributed by atoms with Gasteiger partial charge in [0.2, 0.25) is 5.69 Å². The SMILES string of the molecule is Cc1ccc(C=[NH+]c2ccccc2)cc1. The molecule has 0 bridgehead atoms. The summed E-state index contributed by atoms with van der Waals surface area (Å²) in [6.07, 6.45) is 2.01. The molecular formula is C14H14N+. The Hall–Kier alpha value is -1.89. The fraction of sp³-hybridized carbons (Fsp3) is 0.0714. The Morgan fingerprint density at radius 2 is 1.53 bits per heavy atom. The van der Waals surface area contributed by atoms with Gasteiger partial charge in [-0.05, 0) is 19.1 Å². The van der Waals surface area contributed by atoms with Crippen molar-refractivity contribution in [1.29, 1.82) is 0 Å². The number of aryl methyl sites for hydroxylation is 1. The molecule has 0 heterocycles. The van der Waals surface area contributed by atoms with Gasteiger partial charge < -0.3 is 0 Å². The van der Waals surface area contributed by atoms with Crippen LogP contribution in [0.1, 0.15) is 11.1 Å². The van der Waals surface area contributed by atoms with Gasteiger partial charge in [0.1, 0.15) is 0 Å². The van der Waals surface area contributed by atoms with Crippen LogP contribution in [-0.2, 0) is 0 Å². The Kier molecular flexibility index (Phi) is 2.93. The second-order valence-corrected chi connectivity index (χ2v) is 3.57. The highest BCUT2D eigenvalue weighted by Gasteiger charge is 1.93. The van der Waals surface area contributed by atoms with E-state index in [1.54, 1.807) is 0 Å². The summed E-state index contributed by atoms with van der Waals surface area (Å²) in [6, 6.07) is 18.6. The zero-order valence-corrected chi connectivity index (χ0v) is 8.77. The van der Waals surface area contributed by atoms with E-state index in [0.29, 0.717) is 0 Å². The van der Waals surface area contributed by atoms with Crippen LogP contribution in [0.3, 0.4) is 0 Å². The molecule has 2 aromatic rings. The van der Waals surface area contributed by atoms with Gasteiger partial charge in [-0.3, -0.25) is 0 Å². The van der Waals surface area contributed by atoms with E-state index < -0.39 is 0 Å². The predicted molar refractivity (Wildman–Crippen MR) is 63.4 cm³/mol. The molecule has 0 aliphatic carbocycles. The van der Waals surface area contributed by atoms with Crippen LogP contribution in [0, 0.1) is 6.92 Å². The fourth-order valence-electron chi connectivity index (χ4n) is 1.36. The maximum absolute atomic E-state index is 3.26. The molecule has 1 heteroatoms. The minimum Gasteiger partial charge on any atom is -0.211 e. The van der Waals surface area contributed by atoms with Gasteiger partial charge in [-0.1, -0.05) is 35.9 Å². The summed E-state index contributed by atoms with van der Waals surface area (Å²) >= 11 is 0. The zero-order chi connectivity index (χ0) is 10.5. The second kappa shape index (κ2) is 4.56. The first-order valence-corrected chi connectivity index (χ1v) is 5.06. The van der Waals surface area contributed by atoms with Gasteiger partial charge >= 0.3 is 0 Å². The molecule has 2 rings (SSSR count). The second-order valence-electron chi connectivity index (χ2n) is 3.57. The van der Waals surface area contributed by atoms with E-state index in [4.69, 9.17) is 0 Å². The Labute approximate surface area is 90.1 Å². The molecule has 2 aromatic carbocycles. The summed E-state index contributed by atoms with van der Waals surface area (Å²) in [5, 5.41) is 0. The maximum atomic E-state index is 3.26. The average molecular weight is 196 g/mol. The number of rotatable bonds is 2. The fourth-order valence-corrected chi connectivity index (χ4v) is 1.36. The third-order valence-corrected chi connectivity index (χ3v) is 2.26. The van der Waals surface area contributed by atoms with Crippen LogP contribution in [0.15, 0.2) is 54.6 Å². The van der Waals surface area contributed by atoms with Crippen molar-refractivity contribution in [2.24, 2.45) is 0 Å². The lowest BCUT2D eigenvalue weighted by Gasteiger charge is -1.91. The largest absolute Gasteiger partial charge is 0.211 e. The monoisotopic (exact) mass is 196 g/mol. The van der Waals surface area contributed by atoms with E-state index in [9.17, 15) is 0 Å². The molecule has 15 heavy (non-hydrogen) atoms. The molecule has 0 aromatic heterocycles. The highest BCUT2D eigenvalue weighted by Crippen LogP contribution is 1.99. The van der Waals surface area contributed by atoms with E-state index in [2.05, 4.69) is 36.2 Å². The van der Waals surface area contributed by atoms with Gasteiger partial charge in [-0.2, -0.15) is 0 Å². The lowest BCUT2D eigenvalue weighted by atomic mass is 10.2. The van der Waals surface area contributed by atoms with Crippen LogP contribution in [0.25, 0.3) is 0 Å². The topological polar surface area (TPSA) is 14.0 Å². The first-order chi connectivity index (χ1) is 7.34. The van der Waals surface area contributed by atoms with Crippen molar-refractivity contribution in [3.05, 3.63) is 65.7 Å². The third kappa shape index (κ3) is 2.78. The van der Waals surface area contributed by atoms with Gasteiger partial charge in [0.15, 0.2) is 6.21 Å². The number of para-hydroxylation sites is 1. The van der Waals surface area contributed by atoms with Gasteiger partial charge in [0, 0.05) is 17.7 Å². The van der Waals surface area contributed by atoms with E-state index in [-0.39, 0.29) is 0 Å². The van der Waals surface area contributed by atoms with E-state index >= 15 is 0 Å². The van der Waals surface area contributed by atoms with E-state index in [1.807, 2.05) is 36.5 Å². The van der Waals surface area contributed by atoms with Gasteiger partial charge in [-0.15, -0.1) is 0 Å². The molecule has 0 amide bonds. The first-order valence-electron chi connectivity index (χ1n) is 5.06. The quantitative estimate of drug-likeness (QED) is 0.704. The zero-order valence-electron chi connectivity index (χ0n) is 8.77. The number of nitrogens with one attached hydrogen (secondary N) is 1. The summed E-state index contributed by atoms with van der Waals surface area (Å²) < 4.78 is 0. The molecule has 0 saturated carbocycles. The molecule has 0 spiro atoms. The molecule has 0 aliphatic heterocycles. The number of benzene rings is 2. The standard InChI is InChI=1S/C14H13N/c1-12-7-9-13(10-8-12)11-15-14-5-3-2-4-6-14/h2-11H,1H3/p+1. The normalized spacial score (nSPS) is 10.7. The Balaban J connectivity index is 2.15. The number of hydrogen-bond donors (Lipinski definition) is 1. The molecule has 0 radical (unpaired) electrons.